The molecule has 0 spiro atoms. The van der Waals surface area contributed by atoms with Gasteiger partial charge in [0.1, 0.15) is 0 Å². The minimum Gasteiger partial charge on any atom is -0.0760 e. The maximum Gasteiger partial charge on any atom is 0.0173 e. The Bertz CT molecular complexity index is 2230. The van der Waals surface area contributed by atoms with E-state index in [1.807, 2.05) is 0 Å². The highest BCUT2D eigenvalue weighted by atomic mass is 14.6. The van der Waals surface area contributed by atoms with E-state index in [9.17, 15) is 0 Å². The van der Waals surface area contributed by atoms with Crippen LogP contribution in [0.4, 0.5) is 0 Å². The Hall–Kier alpha value is -4.16. The summed E-state index contributed by atoms with van der Waals surface area (Å²) in [5.41, 5.74) is 8.12. The van der Waals surface area contributed by atoms with E-state index in [-0.39, 0.29) is 0 Å². The lowest BCUT2D eigenvalue weighted by Gasteiger charge is -2.22. The molecular weight excluding hydrogens is 456 g/mol. The van der Waals surface area contributed by atoms with Crippen molar-refractivity contribution in [3.8, 4) is 0 Å². The molecular formula is C38H26. The highest BCUT2D eigenvalue weighted by Gasteiger charge is 2.58. The maximum atomic E-state index is 2.53. The van der Waals surface area contributed by atoms with Crippen LogP contribution >= 0.6 is 0 Å². The zero-order valence-corrected chi connectivity index (χ0v) is 21.4. The summed E-state index contributed by atoms with van der Waals surface area (Å²) in [6.07, 6.45) is 4.80. The van der Waals surface area contributed by atoms with E-state index in [1.165, 1.54) is 64.6 Å². The predicted molar refractivity (Wildman–Crippen MR) is 161 cm³/mol. The van der Waals surface area contributed by atoms with Gasteiger partial charge in [0.05, 0.1) is 0 Å². The molecule has 1 saturated carbocycles. The molecule has 0 heterocycles. The molecule has 3 aliphatic rings. The zero-order chi connectivity index (χ0) is 24.7. The van der Waals surface area contributed by atoms with Crippen molar-refractivity contribution in [1.82, 2.24) is 0 Å². The van der Waals surface area contributed by atoms with Gasteiger partial charge < -0.3 is 0 Å². The fraction of sp³-hybridized carbons (Fsp3) is 0.158. The van der Waals surface area contributed by atoms with Crippen LogP contribution in [0.1, 0.15) is 41.9 Å². The van der Waals surface area contributed by atoms with Gasteiger partial charge in [-0.15, -0.1) is 0 Å². The Balaban J connectivity index is 1.11. The van der Waals surface area contributed by atoms with Crippen LogP contribution in [-0.4, -0.2) is 0 Å². The Morgan fingerprint density at radius 1 is 0.632 bits per heavy atom. The minimum absolute atomic E-state index is 0.577. The van der Waals surface area contributed by atoms with Crippen LogP contribution in [0.3, 0.4) is 0 Å². The molecule has 0 amide bonds. The van der Waals surface area contributed by atoms with Gasteiger partial charge in [0.2, 0.25) is 0 Å². The summed E-state index contributed by atoms with van der Waals surface area (Å²) in [7, 11) is 0. The van der Waals surface area contributed by atoms with Crippen LogP contribution < -0.4 is 5.22 Å². The van der Waals surface area contributed by atoms with E-state index in [1.54, 1.807) is 22.3 Å². The quantitative estimate of drug-likeness (QED) is 0.162. The average molecular weight is 483 g/mol. The van der Waals surface area contributed by atoms with Crippen molar-refractivity contribution in [2.24, 2.45) is 5.92 Å². The Morgan fingerprint density at radius 2 is 1.29 bits per heavy atom. The monoisotopic (exact) mass is 482 g/mol. The molecule has 0 radical (unpaired) electrons. The van der Waals surface area contributed by atoms with Crippen LogP contribution in [0.15, 0.2) is 102 Å². The van der Waals surface area contributed by atoms with Crippen LogP contribution in [0, 0.1) is 5.92 Å². The lowest BCUT2D eigenvalue weighted by Crippen LogP contribution is -2.05. The van der Waals surface area contributed by atoms with Crippen LogP contribution in [0.5, 0.6) is 0 Å². The molecule has 38 heavy (non-hydrogen) atoms. The average Bonchev–Trinajstić information content (AvgIpc) is 3.66. The molecule has 10 rings (SSSR count). The van der Waals surface area contributed by atoms with Gasteiger partial charge in [-0.3, -0.25) is 0 Å². The van der Waals surface area contributed by atoms with Gasteiger partial charge in [-0.25, -0.2) is 0 Å². The molecule has 2 unspecified atom stereocenters. The molecule has 0 heteroatoms. The van der Waals surface area contributed by atoms with E-state index in [0.29, 0.717) is 17.8 Å². The van der Waals surface area contributed by atoms with Crippen molar-refractivity contribution < 1.29 is 0 Å². The number of hydrogen-bond acceptors (Lipinski definition) is 0. The predicted octanol–water partition coefficient (Wildman–Crippen LogP) is 9.16. The number of allylic oxidation sites excluding steroid dienone is 2. The zero-order valence-electron chi connectivity index (χ0n) is 21.4. The van der Waals surface area contributed by atoms with Gasteiger partial charge >= 0.3 is 0 Å². The number of hydrogen-bond donors (Lipinski definition) is 0. The second kappa shape index (κ2) is 6.63. The van der Waals surface area contributed by atoms with Crippen LogP contribution in [0.25, 0.3) is 59.9 Å². The minimum atomic E-state index is 0.577. The number of benzene rings is 7. The smallest absolute Gasteiger partial charge is 0.0173 e. The Kier molecular flexibility index (Phi) is 3.47. The standard InChI is InChI=1S/C38H26/c1-20(26-13-10-25-9-8-21-4-2-5-22-11-14-27(18-26)34(25)32(21)22)31-37-30-19-28-15-12-23-6-3-7-24-16-17-29(35(28)33(23)24)36(30)38(31)37/h2-12,14-17,19,26,37-38H,13,18H2,1H3/b31-20-/t26-,37?,38?/m1/s1. The molecule has 0 nitrogen and oxygen atoms in total. The fourth-order valence-electron chi connectivity index (χ4n) is 8.49. The van der Waals surface area contributed by atoms with Gasteiger partial charge in [-0.2, -0.15) is 0 Å². The summed E-state index contributed by atoms with van der Waals surface area (Å²) >= 11 is 0. The first-order valence-corrected chi connectivity index (χ1v) is 14.1. The van der Waals surface area contributed by atoms with Gasteiger partial charge in [0.25, 0.3) is 0 Å². The molecule has 3 atom stereocenters. The molecule has 7 aromatic rings. The topological polar surface area (TPSA) is 0 Å². The van der Waals surface area contributed by atoms with Crippen molar-refractivity contribution in [1.29, 1.82) is 0 Å². The first kappa shape index (κ1) is 19.9. The Labute approximate surface area is 221 Å². The molecule has 0 bridgehead atoms. The van der Waals surface area contributed by atoms with Gasteiger partial charge in [-0.05, 0) is 101 Å². The van der Waals surface area contributed by atoms with Gasteiger partial charge in [-0.1, -0.05) is 108 Å². The SMILES string of the molecule is C/C(=C1\C2c3cc4ccc5cccc6ccc(c3C12)c4c56)[C@@H]1CC=c2ccc3cccc4ccc(c2c43)C1. The first-order chi connectivity index (χ1) is 18.8. The van der Waals surface area contributed by atoms with Gasteiger partial charge in [0.15, 0.2) is 0 Å². The van der Waals surface area contributed by atoms with Crippen molar-refractivity contribution in [2.75, 3.05) is 0 Å². The van der Waals surface area contributed by atoms with E-state index >= 15 is 0 Å². The third-order valence-electron chi connectivity index (χ3n) is 10.3. The summed E-state index contributed by atoms with van der Waals surface area (Å²) in [6, 6.07) is 34.8. The van der Waals surface area contributed by atoms with E-state index in [2.05, 4.69) is 104 Å². The van der Waals surface area contributed by atoms with E-state index < -0.39 is 0 Å². The fourth-order valence-corrected chi connectivity index (χ4v) is 8.49. The number of rotatable bonds is 1. The van der Waals surface area contributed by atoms with Crippen molar-refractivity contribution in [3.63, 3.8) is 0 Å². The third kappa shape index (κ3) is 2.30. The molecule has 3 aliphatic carbocycles. The molecule has 1 fully saturated rings. The van der Waals surface area contributed by atoms with Crippen LogP contribution in [-0.2, 0) is 6.42 Å². The summed E-state index contributed by atoms with van der Waals surface area (Å²) in [4.78, 5) is 0. The first-order valence-electron chi connectivity index (χ1n) is 14.1. The second-order valence-corrected chi connectivity index (χ2v) is 12.0. The van der Waals surface area contributed by atoms with Crippen molar-refractivity contribution in [2.45, 2.75) is 31.6 Å². The Morgan fingerprint density at radius 3 is 2.08 bits per heavy atom. The number of fused-ring (bicyclic) bond motifs is 5. The lowest BCUT2D eigenvalue weighted by molar-refractivity contribution is 0.636. The highest BCUT2D eigenvalue weighted by Crippen LogP contribution is 2.73. The lowest BCUT2D eigenvalue weighted by atomic mass is 9.81. The highest BCUT2D eigenvalue weighted by molar-refractivity contribution is 6.24. The van der Waals surface area contributed by atoms with E-state index in [0.717, 1.165) is 12.8 Å². The van der Waals surface area contributed by atoms with Crippen LogP contribution in [0.2, 0.25) is 0 Å². The largest absolute Gasteiger partial charge is 0.0760 e. The maximum absolute atomic E-state index is 2.53. The van der Waals surface area contributed by atoms with Gasteiger partial charge in [0, 0.05) is 11.8 Å². The summed E-state index contributed by atoms with van der Waals surface area (Å²) < 4.78 is 0. The summed E-state index contributed by atoms with van der Waals surface area (Å²) in [5, 5.41) is 15.7. The molecule has 0 saturated heterocycles. The summed E-state index contributed by atoms with van der Waals surface area (Å²) in [5.74, 6) is 1.87. The molecule has 178 valence electrons. The summed E-state index contributed by atoms with van der Waals surface area (Å²) in [6.45, 7) is 2.45. The van der Waals surface area contributed by atoms with Crippen molar-refractivity contribution >= 4 is 59.9 Å². The van der Waals surface area contributed by atoms with Crippen molar-refractivity contribution in [3.05, 3.63) is 124 Å². The van der Waals surface area contributed by atoms with E-state index in [4.69, 9.17) is 0 Å². The molecule has 0 aliphatic heterocycles. The third-order valence-corrected chi connectivity index (χ3v) is 10.3. The molecule has 0 N–H and O–H groups in total. The second-order valence-electron chi connectivity index (χ2n) is 12.0. The molecule has 0 aromatic heterocycles. The molecule has 7 aromatic carbocycles. The normalized spacial score (nSPS) is 22.9.